The molecule has 3 aromatic heterocycles. The predicted molar refractivity (Wildman–Crippen MR) is 82.6 cm³/mol. The molecule has 0 saturated heterocycles. The van der Waals surface area contributed by atoms with Gasteiger partial charge in [-0.05, 0) is 24.6 Å². The maximum atomic E-state index is 10.7. The number of nitrogens with zero attached hydrogens (tertiary/aromatic N) is 4. The molecule has 0 bridgehead atoms. The van der Waals surface area contributed by atoms with Crippen LogP contribution in [0.5, 0.6) is 0 Å². The fourth-order valence-electron chi connectivity index (χ4n) is 2.31. The van der Waals surface area contributed by atoms with E-state index in [0.29, 0.717) is 29.2 Å². The Hall–Kier alpha value is -2.47. The van der Waals surface area contributed by atoms with Crippen LogP contribution in [0.1, 0.15) is 12.8 Å². The number of hydrogen-bond donors (Lipinski definition) is 1. The molecule has 0 aliphatic carbocycles. The number of pyridine rings is 2. The van der Waals surface area contributed by atoms with Crippen molar-refractivity contribution in [1.29, 1.82) is 0 Å². The highest BCUT2D eigenvalue weighted by Gasteiger charge is 2.14. The molecule has 3 rings (SSSR count). The van der Waals surface area contributed by atoms with Gasteiger partial charge in [0.15, 0.2) is 5.65 Å². The third-order valence-corrected chi connectivity index (χ3v) is 3.47. The molecule has 0 atom stereocenters. The van der Waals surface area contributed by atoms with E-state index in [1.807, 2.05) is 16.7 Å². The molecule has 6 nitrogen and oxygen atoms in total. The van der Waals surface area contributed by atoms with E-state index in [9.17, 15) is 4.79 Å². The highest BCUT2D eigenvalue weighted by Crippen LogP contribution is 2.25. The van der Waals surface area contributed by atoms with Gasteiger partial charge in [-0.3, -0.25) is 9.78 Å². The van der Waals surface area contributed by atoms with E-state index in [1.165, 1.54) is 0 Å². The molecule has 0 aromatic carbocycles. The van der Waals surface area contributed by atoms with E-state index in [-0.39, 0.29) is 6.42 Å². The monoisotopic (exact) mass is 316 g/mol. The van der Waals surface area contributed by atoms with Gasteiger partial charge >= 0.3 is 5.97 Å². The summed E-state index contributed by atoms with van der Waals surface area (Å²) in [4.78, 5) is 23.6. The maximum absolute atomic E-state index is 10.7. The van der Waals surface area contributed by atoms with Crippen LogP contribution in [0.3, 0.4) is 0 Å². The Kier molecular flexibility index (Phi) is 4.02. The van der Waals surface area contributed by atoms with Gasteiger partial charge in [-0.25, -0.2) is 9.97 Å². The van der Waals surface area contributed by atoms with Crippen molar-refractivity contribution >= 4 is 28.7 Å². The molecule has 0 saturated carbocycles. The molecule has 0 spiro atoms. The third kappa shape index (κ3) is 2.92. The van der Waals surface area contributed by atoms with Crippen molar-refractivity contribution in [2.24, 2.45) is 0 Å². The van der Waals surface area contributed by atoms with Gasteiger partial charge in [-0.15, -0.1) is 0 Å². The Balaban J connectivity index is 2.07. The fraction of sp³-hybridized carbons (Fsp3) is 0.200. The molecular weight excluding hydrogens is 304 g/mol. The minimum atomic E-state index is -0.814. The van der Waals surface area contributed by atoms with Crippen LogP contribution in [0.25, 0.3) is 22.6 Å². The molecular formula is C15H13ClN4O2. The van der Waals surface area contributed by atoms with Crippen molar-refractivity contribution in [3.05, 3.63) is 41.8 Å². The van der Waals surface area contributed by atoms with Gasteiger partial charge in [-0.2, -0.15) is 0 Å². The highest BCUT2D eigenvalue weighted by molar-refractivity contribution is 6.31. The number of aryl methyl sites for hydroxylation is 1. The standard InChI is InChI=1S/C15H13ClN4O2/c16-11-8-12-15(18-9-11)20(7-1-2-13(21)22)14(19-12)10-3-5-17-6-4-10/h3-6,8-9H,1-2,7H2,(H,21,22). The lowest BCUT2D eigenvalue weighted by Crippen LogP contribution is -2.04. The van der Waals surface area contributed by atoms with Crippen LogP contribution in [-0.2, 0) is 11.3 Å². The van der Waals surface area contributed by atoms with Crippen LogP contribution in [0.2, 0.25) is 5.02 Å². The zero-order valence-electron chi connectivity index (χ0n) is 11.6. The minimum Gasteiger partial charge on any atom is -0.481 e. The van der Waals surface area contributed by atoms with E-state index >= 15 is 0 Å². The Morgan fingerprint density at radius 2 is 2.09 bits per heavy atom. The van der Waals surface area contributed by atoms with Crippen LogP contribution in [-0.4, -0.2) is 30.6 Å². The number of carboxylic acid groups (broad SMARTS) is 1. The van der Waals surface area contributed by atoms with E-state index in [0.717, 1.165) is 11.4 Å². The van der Waals surface area contributed by atoms with Gasteiger partial charge in [-0.1, -0.05) is 11.6 Å². The first-order valence-corrected chi connectivity index (χ1v) is 7.17. The summed E-state index contributed by atoms with van der Waals surface area (Å²) >= 11 is 5.97. The normalized spacial score (nSPS) is 11.0. The Bertz CT molecular complexity index is 817. The number of aliphatic carboxylic acids is 1. The maximum Gasteiger partial charge on any atom is 0.303 e. The minimum absolute atomic E-state index is 0.100. The lowest BCUT2D eigenvalue weighted by atomic mass is 10.2. The molecule has 112 valence electrons. The lowest BCUT2D eigenvalue weighted by Gasteiger charge is -2.07. The van der Waals surface area contributed by atoms with Crippen LogP contribution in [0.15, 0.2) is 36.8 Å². The van der Waals surface area contributed by atoms with Crippen molar-refractivity contribution in [3.63, 3.8) is 0 Å². The quantitative estimate of drug-likeness (QED) is 0.782. The number of hydrogen-bond acceptors (Lipinski definition) is 4. The van der Waals surface area contributed by atoms with Crippen molar-refractivity contribution in [2.75, 3.05) is 0 Å². The van der Waals surface area contributed by atoms with Gasteiger partial charge in [0.1, 0.15) is 11.3 Å². The van der Waals surface area contributed by atoms with E-state index in [1.54, 1.807) is 24.7 Å². The molecule has 0 aliphatic rings. The summed E-state index contributed by atoms with van der Waals surface area (Å²) in [6, 6.07) is 5.47. The van der Waals surface area contributed by atoms with Gasteiger partial charge < -0.3 is 9.67 Å². The molecule has 0 aliphatic heterocycles. The van der Waals surface area contributed by atoms with E-state index in [2.05, 4.69) is 15.0 Å². The van der Waals surface area contributed by atoms with Crippen molar-refractivity contribution in [1.82, 2.24) is 19.5 Å². The largest absolute Gasteiger partial charge is 0.481 e. The second-order valence-corrected chi connectivity index (χ2v) is 5.25. The third-order valence-electron chi connectivity index (χ3n) is 3.26. The molecule has 3 aromatic rings. The molecule has 7 heteroatoms. The van der Waals surface area contributed by atoms with Crippen molar-refractivity contribution < 1.29 is 9.90 Å². The van der Waals surface area contributed by atoms with Gasteiger partial charge in [0.2, 0.25) is 0 Å². The van der Waals surface area contributed by atoms with Gasteiger partial charge in [0, 0.05) is 37.1 Å². The number of halogens is 1. The second-order valence-electron chi connectivity index (χ2n) is 4.82. The van der Waals surface area contributed by atoms with Crippen LogP contribution >= 0.6 is 11.6 Å². The highest BCUT2D eigenvalue weighted by atomic mass is 35.5. The average molecular weight is 317 g/mol. The van der Waals surface area contributed by atoms with Crippen LogP contribution < -0.4 is 0 Å². The molecule has 22 heavy (non-hydrogen) atoms. The van der Waals surface area contributed by atoms with Gasteiger partial charge in [0.25, 0.3) is 0 Å². The van der Waals surface area contributed by atoms with Crippen molar-refractivity contribution in [2.45, 2.75) is 19.4 Å². The molecule has 1 N–H and O–H groups in total. The Morgan fingerprint density at radius 3 is 2.82 bits per heavy atom. The second kappa shape index (κ2) is 6.11. The number of carbonyl (C=O) groups is 1. The zero-order chi connectivity index (χ0) is 15.5. The first-order chi connectivity index (χ1) is 10.6. The SMILES string of the molecule is O=C(O)CCCn1c(-c2ccncc2)nc2cc(Cl)cnc21. The predicted octanol–water partition coefficient (Wildman–Crippen LogP) is 3.01. The topological polar surface area (TPSA) is 80.9 Å². The van der Waals surface area contributed by atoms with E-state index in [4.69, 9.17) is 16.7 Å². The summed E-state index contributed by atoms with van der Waals surface area (Å²) in [6.45, 7) is 0.523. The lowest BCUT2D eigenvalue weighted by molar-refractivity contribution is -0.137. The Morgan fingerprint density at radius 1 is 1.32 bits per heavy atom. The van der Waals surface area contributed by atoms with E-state index < -0.39 is 5.97 Å². The number of fused-ring (bicyclic) bond motifs is 1. The van der Waals surface area contributed by atoms with Crippen molar-refractivity contribution in [3.8, 4) is 11.4 Å². The molecule has 3 heterocycles. The van der Waals surface area contributed by atoms with Crippen LogP contribution in [0.4, 0.5) is 0 Å². The summed E-state index contributed by atoms with van der Waals surface area (Å²) in [7, 11) is 0. The Labute approximate surface area is 131 Å². The summed E-state index contributed by atoms with van der Waals surface area (Å²) in [6.07, 6.45) is 5.55. The molecule has 0 unspecified atom stereocenters. The number of aromatic nitrogens is 4. The first kappa shape index (κ1) is 14.5. The first-order valence-electron chi connectivity index (χ1n) is 6.79. The number of imidazole rings is 1. The van der Waals surface area contributed by atoms with Crippen LogP contribution in [0, 0.1) is 0 Å². The fourth-order valence-corrected chi connectivity index (χ4v) is 2.46. The van der Waals surface area contributed by atoms with Gasteiger partial charge in [0.05, 0.1) is 5.02 Å². The smallest absolute Gasteiger partial charge is 0.303 e. The summed E-state index contributed by atoms with van der Waals surface area (Å²) in [5.74, 6) is -0.0801. The number of carboxylic acids is 1. The average Bonchev–Trinajstić information content (AvgIpc) is 2.86. The molecule has 0 fully saturated rings. The number of rotatable bonds is 5. The molecule has 0 amide bonds. The summed E-state index contributed by atoms with van der Waals surface area (Å²) < 4.78 is 1.92. The zero-order valence-corrected chi connectivity index (χ0v) is 12.4. The summed E-state index contributed by atoms with van der Waals surface area (Å²) in [5.41, 5.74) is 2.29. The molecule has 0 radical (unpaired) electrons. The summed E-state index contributed by atoms with van der Waals surface area (Å²) in [5, 5.41) is 9.33.